The van der Waals surface area contributed by atoms with Gasteiger partial charge in [-0.05, 0) is 32.1 Å². The van der Waals surface area contributed by atoms with Crippen LogP contribution < -0.4 is 0 Å². The van der Waals surface area contributed by atoms with Gasteiger partial charge in [0.15, 0.2) is 0 Å². The molecule has 1 rings (SSSR count). The number of carbonyl (C=O) groups excluding carboxylic acids is 2. The number of carbonyl (C=O) groups is 3. The first-order valence-corrected chi connectivity index (χ1v) is 8.71. The Morgan fingerprint density at radius 3 is 2.22 bits per heavy atom. The Hall–Kier alpha value is -1.94. The quantitative estimate of drug-likeness (QED) is 0.444. The number of hydrogen-bond acceptors (Lipinski definition) is 5. The molecule has 0 aliphatic heterocycles. The van der Waals surface area contributed by atoms with E-state index in [2.05, 4.69) is 0 Å². The maximum Gasteiger partial charge on any atom is 0.339 e. The topological polar surface area (TPSA) is 89.9 Å². The van der Waals surface area contributed by atoms with E-state index in [0.717, 1.165) is 0 Å². The van der Waals surface area contributed by atoms with Gasteiger partial charge < -0.3 is 14.6 Å². The Kier molecular flexibility index (Phi) is 7.17. The Bertz CT molecular complexity index is 580. The lowest BCUT2D eigenvalue weighted by atomic mass is 10.1. The molecule has 7 heteroatoms. The van der Waals surface area contributed by atoms with Gasteiger partial charge in [-0.1, -0.05) is 19.1 Å². The van der Waals surface area contributed by atoms with Crippen LogP contribution in [0.25, 0.3) is 0 Å². The molecule has 0 heterocycles. The lowest BCUT2D eigenvalue weighted by Gasteiger charge is -2.23. The van der Waals surface area contributed by atoms with Gasteiger partial charge in [0.25, 0.3) is 0 Å². The minimum absolute atomic E-state index is 0.0280. The highest BCUT2D eigenvalue weighted by Gasteiger charge is 2.30. The third-order valence-electron chi connectivity index (χ3n) is 3.64. The average molecular weight is 340 g/mol. The van der Waals surface area contributed by atoms with Crippen molar-refractivity contribution in [1.29, 1.82) is 0 Å². The minimum Gasteiger partial charge on any atom is -0.478 e. The summed E-state index contributed by atoms with van der Waals surface area (Å²) in [5.74, 6) is -2.27. The normalized spacial score (nSPS) is 13.5. The van der Waals surface area contributed by atoms with Crippen molar-refractivity contribution in [1.82, 2.24) is 0 Å². The fourth-order valence-corrected chi connectivity index (χ4v) is 2.41. The third kappa shape index (κ3) is 5.03. The Balaban J connectivity index is 2.53. The summed E-state index contributed by atoms with van der Waals surface area (Å²) in [6, 6.07) is 5.79. The molecule has 0 radical (unpaired) electrons. The van der Waals surface area contributed by atoms with Crippen LogP contribution in [0.1, 0.15) is 41.0 Å². The van der Waals surface area contributed by atoms with E-state index in [1.165, 1.54) is 18.2 Å². The summed E-state index contributed by atoms with van der Waals surface area (Å²) in [6.07, 6.45) is 0.673. The van der Waals surface area contributed by atoms with Crippen LogP contribution in [0.3, 0.4) is 0 Å². The van der Waals surface area contributed by atoms with E-state index in [4.69, 9.17) is 14.6 Å². The smallest absolute Gasteiger partial charge is 0.339 e. The van der Waals surface area contributed by atoms with Crippen LogP contribution >= 0.6 is 8.58 Å². The highest BCUT2D eigenvalue weighted by molar-refractivity contribution is 7.40. The number of esters is 2. The second-order valence-electron chi connectivity index (χ2n) is 5.06. The van der Waals surface area contributed by atoms with E-state index in [1.54, 1.807) is 6.07 Å². The first-order chi connectivity index (χ1) is 10.9. The Labute approximate surface area is 137 Å². The highest BCUT2D eigenvalue weighted by atomic mass is 31.1. The van der Waals surface area contributed by atoms with Gasteiger partial charge in [-0.15, -0.1) is 8.58 Å². The van der Waals surface area contributed by atoms with Gasteiger partial charge in [-0.2, -0.15) is 0 Å². The van der Waals surface area contributed by atoms with Crippen molar-refractivity contribution in [2.45, 2.75) is 25.4 Å². The van der Waals surface area contributed by atoms with Gasteiger partial charge in [0.05, 0.1) is 16.3 Å². The fourth-order valence-electron chi connectivity index (χ4n) is 1.78. The van der Waals surface area contributed by atoms with Crippen molar-refractivity contribution in [2.24, 2.45) is 0 Å². The molecule has 2 unspecified atom stereocenters. The number of carboxylic acid groups (broad SMARTS) is 1. The van der Waals surface area contributed by atoms with Crippen LogP contribution in [0.4, 0.5) is 0 Å². The first kappa shape index (κ1) is 19.1. The van der Waals surface area contributed by atoms with Gasteiger partial charge in [0, 0.05) is 0 Å². The highest BCUT2D eigenvalue weighted by Crippen LogP contribution is 2.32. The number of hydrogen-bond donors (Lipinski definition) is 1. The number of aromatic carboxylic acids is 1. The van der Waals surface area contributed by atoms with Crippen molar-refractivity contribution in [3.05, 3.63) is 35.4 Å². The lowest BCUT2D eigenvalue weighted by molar-refractivity contribution is -0.147. The predicted molar refractivity (Wildman–Crippen MR) is 87.6 cm³/mol. The molecule has 0 amide bonds. The Morgan fingerprint density at radius 1 is 1.13 bits per heavy atom. The number of ether oxygens (including phenoxy) is 2. The van der Waals surface area contributed by atoms with Gasteiger partial charge in [-0.25, -0.2) is 9.59 Å². The van der Waals surface area contributed by atoms with E-state index in [9.17, 15) is 14.4 Å². The van der Waals surface area contributed by atoms with Gasteiger partial charge in [0.2, 0.25) is 0 Å². The number of benzene rings is 1. The molecule has 1 aromatic carbocycles. The van der Waals surface area contributed by atoms with Crippen molar-refractivity contribution in [3.8, 4) is 0 Å². The van der Waals surface area contributed by atoms with Crippen molar-refractivity contribution in [2.75, 3.05) is 19.9 Å². The van der Waals surface area contributed by atoms with E-state index >= 15 is 0 Å². The van der Waals surface area contributed by atoms with Crippen molar-refractivity contribution in [3.63, 3.8) is 0 Å². The van der Waals surface area contributed by atoms with Crippen LogP contribution in [-0.2, 0) is 14.3 Å². The molecular formula is C16H21O6P. The van der Waals surface area contributed by atoms with Crippen LogP contribution in [0, 0.1) is 0 Å². The van der Waals surface area contributed by atoms with Crippen LogP contribution in [-0.4, -0.2) is 48.0 Å². The van der Waals surface area contributed by atoms with Crippen molar-refractivity contribution < 1.29 is 29.0 Å². The zero-order valence-electron chi connectivity index (χ0n) is 13.4. The maximum absolute atomic E-state index is 12.0. The summed E-state index contributed by atoms with van der Waals surface area (Å²) in [5, 5.41) is 8.51. The standard InChI is InChI=1S/C16H21O6P/c1-4-16(2,23-3)15(20)22-10-9-21-14(19)12-8-6-5-7-11(12)13(17)18/h5-8,23H,4,9-10H2,1-3H3,(H,17,18). The molecule has 0 aliphatic carbocycles. The molecule has 1 aromatic rings. The van der Waals surface area contributed by atoms with E-state index in [-0.39, 0.29) is 30.3 Å². The molecule has 23 heavy (non-hydrogen) atoms. The fraction of sp³-hybridized carbons (Fsp3) is 0.438. The summed E-state index contributed by atoms with van der Waals surface area (Å²) >= 11 is 0. The third-order valence-corrected chi connectivity index (χ3v) is 5.30. The van der Waals surface area contributed by atoms with Crippen LogP contribution in [0.5, 0.6) is 0 Å². The van der Waals surface area contributed by atoms with Gasteiger partial charge >= 0.3 is 17.9 Å². The summed E-state index contributed by atoms with van der Waals surface area (Å²) in [6.45, 7) is 5.52. The largest absolute Gasteiger partial charge is 0.478 e. The van der Waals surface area contributed by atoms with Gasteiger partial charge in [-0.3, -0.25) is 4.79 Å². The molecule has 126 valence electrons. The summed E-state index contributed by atoms with van der Waals surface area (Å²) < 4.78 is 10.1. The SMILES string of the molecule is CCC(C)(PC)C(=O)OCCOC(=O)c1ccccc1C(=O)O. The van der Waals surface area contributed by atoms with Crippen LogP contribution in [0.2, 0.25) is 0 Å². The molecule has 1 N–H and O–H groups in total. The second-order valence-corrected chi connectivity index (χ2v) is 6.66. The predicted octanol–water partition coefficient (Wildman–Crippen LogP) is 2.56. The van der Waals surface area contributed by atoms with Crippen LogP contribution in [0.15, 0.2) is 24.3 Å². The first-order valence-electron chi connectivity index (χ1n) is 7.21. The zero-order valence-corrected chi connectivity index (χ0v) is 14.4. The molecule has 0 bridgehead atoms. The monoisotopic (exact) mass is 340 g/mol. The summed E-state index contributed by atoms with van der Waals surface area (Å²) in [7, 11) is 0.415. The number of carboxylic acids is 1. The summed E-state index contributed by atoms with van der Waals surface area (Å²) in [4.78, 5) is 34.9. The van der Waals surface area contributed by atoms with Crippen molar-refractivity contribution >= 4 is 26.5 Å². The molecule has 0 saturated heterocycles. The maximum atomic E-state index is 12.0. The molecule has 0 spiro atoms. The molecule has 0 saturated carbocycles. The van der Waals surface area contributed by atoms with Gasteiger partial charge in [0.1, 0.15) is 13.2 Å². The molecule has 2 atom stereocenters. The Morgan fingerprint density at radius 2 is 1.70 bits per heavy atom. The molecule has 0 aromatic heterocycles. The summed E-state index contributed by atoms with van der Waals surface area (Å²) in [5.41, 5.74) is -0.153. The zero-order chi connectivity index (χ0) is 17.5. The van der Waals surface area contributed by atoms with E-state index in [1.807, 2.05) is 20.5 Å². The molecule has 6 nitrogen and oxygen atoms in total. The average Bonchev–Trinajstić information content (AvgIpc) is 2.57. The molecular weight excluding hydrogens is 319 g/mol. The second kappa shape index (κ2) is 8.63. The van der Waals surface area contributed by atoms with E-state index in [0.29, 0.717) is 15.0 Å². The van der Waals surface area contributed by atoms with E-state index < -0.39 is 17.1 Å². The minimum atomic E-state index is -1.20. The number of rotatable bonds is 8. The molecule has 0 aliphatic rings. The lowest BCUT2D eigenvalue weighted by Crippen LogP contribution is -2.32. The molecule has 0 fully saturated rings.